The lowest BCUT2D eigenvalue weighted by Gasteiger charge is -2.39. The van der Waals surface area contributed by atoms with Gasteiger partial charge in [0.25, 0.3) is 0 Å². The fourth-order valence-electron chi connectivity index (χ4n) is 3.66. The van der Waals surface area contributed by atoms with Crippen molar-refractivity contribution in [3.63, 3.8) is 0 Å². The SMILES string of the molecule is C=C[C@H](COCc1ccccc1)N1[C@@H](CC(C)C)C(=O)c2ccccc2S1(=O)=O. The molecule has 29 heavy (non-hydrogen) atoms. The van der Waals surface area contributed by atoms with E-state index in [2.05, 4.69) is 6.58 Å². The Labute approximate surface area is 173 Å². The molecule has 5 nitrogen and oxygen atoms in total. The van der Waals surface area contributed by atoms with E-state index in [0.29, 0.717) is 13.0 Å². The summed E-state index contributed by atoms with van der Waals surface area (Å²) in [6, 6.07) is 14.7. The Bertz CT molecular complexity index is 969. The fraction of sp³-hybridized carbons (Fsp3) is 0.348. The van der Waals surface area contributed by atoms with E-state index < -0.39 is 22.1 Å². The molecule has 2 atom stereocenters. The first kappa shape index (κ1) is 21.4. The van der Waals surface area contributed by atoms with Crippen molar-refractivity contribution in [2.75, 3.05) is 6.61 Å². The molecule has 0 spiro atoms. The molecule has 1 heterocycles. The minimum Gasteiger partial charge on any atom is -0.375 e. The maximum Gasteiger partial charge on any atom is 0.245 e. The number of benzene rings is 2. The summed E-state index contributed by atoms with van der Waals surface area (Å²) in [7, 11) is -3.86. The van der Waals surface area contributed by atoms with Crippen molar-refractivity contribution in [1.82, 2.24) is 4.31 Å². The Hall–Kier alpha value is -2.28. The molecule has 0 saturated heterocycles. The molecule has 0 aliphatic carbocycles. The molecule has 0 fully saturated rings. The lowest BCUT2D eigenvalue weighted by Crippen LogP contribution is -2.55. The number of nitrogens with zero attached hydrogens (tertiary/aromatic N) is 1. The van der Waals surface area contributed by atoms with Crippen LogP contribution < -0.4 is 0 Å². The predicted molar refractivity (Wildman–Crippen MR) is 113 cm³/mol. The molecule has 2 aromatic carbocycles. The summed E-state index contributed by atoms with van der Waals surface area (Å²) in [4.78, 5) is 13.2. The molecule has 0 amide bonds. The van der Waals surface area contributed by atoms with Gasteiger partial charge in [0.1, 0.15) is 0 Å². The number of ketones is 1. The van der Waals surface area contributed by atoms with Crippen LogP contribution in [0.15, 0.2) is 72.1 Å². The second-order valence-electron chi connectivity index (χ2n) is 7.64. The van der Waals surface area contributed by atoms with Crippen LogP contribution in [-0.4, -0.2) is 37.2 Å². The topological polar surface area (TPSA) is 63.7 Å². The van der Waals surface area contributed by atoms with Crippen LogP contribution in [0.2, 0.25) is 0 Å². The highest BCUT2D eigenvalue weighted by atomic mass is 32.2. The summed E-state index contributed by atoms with van der Waals surface area (Å²) in [5, 5.41) is 0. The van der Waals surface area contributed by atoms with E-state index in [9.17, 15) is 13.2 Å². The Morgan fingerprint density at radius 1 is 1.10 bits per heavy atom. The molecular weight excluding hydrogens is 386 g/mol. The molecule has 2 aromatic rings. The van der Waals surface area contributed by atoms with Crippen molar-refractivity contribution in [1.29, 1.82) is 0 Å². The molecule has 0 radical (unpaired) electrons. The van der Waals surface area contributed by atoms with Crippen LogP contribution in [0, 0.1) is 5.92 Å². The van der Waals surface area contributed by atoms with Gasteiger partial charge in [-0.1, -0.05) is 62.4 Å². The van der Waals surface area contributed by atoms with E-state index in [4.69, 9.17) is 4.74 Å². The Morgan fingerprint density at radius 3 is 2.41 bits per heavy atom. The van der Waals surface area contributed by atoms with Gasteiger partial charge in [0.2, 0.25) is 10.0 Å². The van der Waals surface area contributed by atoms with Gasteiger partial charge in [0.15, 0.2) is 5.78 Å². The van der Waals surface area contributed by atoms with Gasteiger partial charge in [0.05, 0.1) is 30.2 Å². The molecule has 0 N–H and O–H groups in total. The maximum atomic E-state index is 13.4. The second kappa shape index (κ2) is 9.03. The number of hydrogen-bond donors (Lipinski definition) is 0. The second-order valence-corrected chi connectivity index (χ2v) is 9.46. The molecule has 1 aliphatic heterocycles. The number of hydrogen-bond acceptors (Lipinski definition) is 4. The average Bonchev–Trinajstić information content (AvgIpc) is 2.71. The van der Waals surface area contributed by atoms with Crippen molar-refractivity contribution >= 4 is 15.8 Å². The predicted octanol–water partition coefficient (Wildman–Crippen LogP) is 4.06. The van der Waals surface area contributed by atoms with Gasteiger partial charge < -0.3 is 4.74 Å². The number of sulfonamides is 1. The molecule has 0 aromatic heterocycles. The highest BCUT2D eigenvalue weighted by molar-refractivity contribution is 7.89. The minimum absolute atomic E-state index is 0.0555. The summed E-state index contributed by atoms with van der Waals surface area (Å²) in [6.07, 6.45) is 1.99. The van der Waals surface area contributed by atoms with Gasteiger partial charge in [-0.15, -0.1) is 6.58 Å². The van der Waals surface area contributed by atoms with Gasteiger partial charge in [0, 0.05) is 5.56 Å². The van der Waals surface area contributed by atoms with Crippen LogP contribution in [-0.2, 0) is 21.4 Å². The quantitative estimate of drug-likeness (QED) is 0.612. The monoisotopic (exact) mass is 413 g/mol. The molecule has 6 heteroatoms. The van der Waals surface area contributed by atoms with Crippen molar-refractivity contribution in [2.45, 2.75) is 43.9 Å². The highest BCUT2D eigenvalue weighted by Gasteiger charge is 2.46. The van der Waals surface area contributed by atoms with Crippen LogP contribution in [0.3, 0.4) is 0 Å². The third kappa shape index (κ3) is 4.50. The zero-order chi connectivity index (χ0) is 21.0. The van der Waals surface area contributed by atoms with Gasteiger partial charge in [-0.05, 0) is 30.0 Å². The average molecular weight is 414 g/mol. The summed E-state index contributed by atoms with van der Waals surface area (Å²) in [5.74, 6) is -0.0124. The summed E-state index contributed by atoms with van der Waals surface area (Å²) in [6.45, 7) is 8.27. The van der Waals surface area contributed by atoms with Crippen molar-refractivity contribution in [3.8, 4) is 0 Å². The van der Waals surface area contributed by atoms with Crippen LogP contribution in [0.25, 0.3) is 0 Å². The first-order valence-corrected chi connectivity index (χ1v) is 11.2. The molecular formula is C23H27NO4S. The largest absolute Gasteiger partial charge is 0.375 e. The van der Waals surface area contributed by atoms with Gasteiger partial charge >= 0.3 is 0 Å². The smallest absolute Gasteiger partial charge is 0.245 e. The first-order valence-electron chi connectivity index (χ1n) is 9.77. The van der Waals surface area contributed by atoms with E-state index in [1.165, 1.54) is 10.4 Å². The molecule has 3 rings (SSSR count). The third-order valence-electron chi connectivity index (χ3n) is 5.01. The summed E-state index contributed by atoms with van der Waals surface area (Å²) in [5.41, 5.74) is 1.26. The molecule has 0 saturated carbocycles. The van der Waals surface area contributed by atoms with E-state index in [-0.39, 0.29) is 28.8 Å². The molecule has 0 bridgehead atoms. The van der Waals surface area contributed by atoms with Crippen LogP contribution in [0.4, 0.5) is 0 Å². The van der Waals surface area contributed by atoms with E-state index in [1.54, 1.807) is 24.3 Å². The first-order chi connectivity index (χ1) is 13.9. The Morgan fingerprint density at radius 2 is 1.76 bits per heavy atom. The standard InChI is InChI=1S/C23H27NO4S/c1-4-19(16-28-15-18-10-6-5-7-11-18)24-21(14-17(2)3)23(25)20-12-8-9-13-22(20)29(24,26)27/h4-13,17,19,21H,1,14-16H2,2-3H3/t19-,21+/m1/s1. The van der Waals surface area contributed by atoms with Crippen molar-refractivity contribution in [2.24, 2.45) is 5.92 Å². The van der Waals surface area contributed by atoms with Crippen molar-refractivity contribution < 1.29 is 17.9 Å². The lowest BCUT2D eigenvalue weighted by molar-refractivity contribution is 0.0656. The number of carbonyl (C=O) groups is 1. The number of ether oxygens (including phenoxy) is 1. The molecule has 0 unspecified atom stereocenters. The summed E-state index contributed by atoms with van der Waals surface area (Å²) >= 11 is 0. The fourth-order valence-corrected chi connectivity index (χ4v) is 5.60. The lowest BCUT2D eigenvalue weighted by atomic mass is 9.95. The van der Waals surface area contributed by atoms with Gasteiger partial charge in [-0.25, -0.2) is 8.42 Å². The van der Waals surface area contributed by atoms with Crippen LogP contribution >= 0.6 is 0 Å². The van der Waals surface area contributed by atoms with E-state index in [0.717, 1.165) is 5.56 Å². The van der Waals surface area contributed by atoms with E-state index in [1.807, 2.05) is 44.2 Å². The molecule has 1 aliphatic rings. The number of Topliss-reactive ketones (excluding diaryl/α,β-unsaturated/α-hetero) is 1. The maximum absolute atomic E-state index is 13.4. The number of rotatable bonds is 8. The zero-order valence-electron chi connectivity index (χ0n) is 16.8. The minimum atomic E-state index is -3.86. The van der Waals surface area contributed by atoms with Crippen molar-refractivity contribution in [3.05, 3.63) is 78.4 Å². The highest BCUT2D eigenvalue weighted by Crippen LogP contribution is 2.34. The van der Waals surface area contributed by atoms with E-state index >= 15 is 0 Å². The van der Waals surface area contributed by atoms with Crippen LogP contribution in [0.5, 0.6) is 0 Å². The third-order valence-corrected chi connectivity index (χ3v) is 7.00. The van der Waals surface area contributed by atoms with Gasteiger partial charge in [-0.3, -0.25) is 4.79 Å². The van der Waals surface area contributed by atoms with Crippen LogP contribution in [0.1, 0.15) is 36.2 Å². The molecule has 154 valence electrons. The Balaban J connectivity index is 1.91. The summed E-state index contributed by atoms with van der Waals surface area (Å²) < 4.78 is 34.0. The number of carbonyl (C=O) groups excluding carboxylic acids is 1. The zero-order valence-corrected chi connectivity index (χ0v) is 17.6. The van der Waals surface area contributed by atoms with Gasteiger partial charge in [-0.2, -0.15) is 4.31 Å². The number of fused-ring (bicyclic) bond motifs is 1. The Kier molecular flexibility index (Phi) is 6.67. The normalized spacial score (nSPS) is 19.7.